The molecule has 0 aliphatic carbocycles. The fraction of sp³-hybridized carbons (Fsp3) is 0.500. The Bertz CT molecular complexity index is 771. The minimum Gasteiger partial charge on any atom is -0.351 e. The summed E-state index contributed by atoms with van der Waals surface area (Å²) in [4.78, 5) is 34.4. The maximum Gasteiger partial charge on any atom is 0.270 e. The number of carbonyl (C=O) groups is 2. The molecule has 7 heteroatoms. The van der Waals surface area contributed by atoms with Crippen LogP contribution in [0.5, 0.6) is 0 Å². The lowest BCUT2D eigenvalue weighted by Gasteiger charge is -2.35. The number of carbonyl (C=O) groups excluding carboxylic acids is 2. The average Bonchev–Trinajstić information content (AvgIpc) is 3.17. The molecule has 0 unspecified atom stereocenters. The number of fused-ring (bicyclic) bond motifs is 1. The van der Waals surface area contributed by atoms with Gasteiger partial charge in [-0.2, -0.15) is 0 Å². The number of aromatic amines is 1. The van der Waals surface area contributed by atoms with Gasteiger partial charge in [-0.15, -0.1) is 0 Å². The van der Waals surface area contributed by atoms with E-state index in [4.69, 9.17) is 0 Å². The van der Waals surface area contributed by atoms with Crippen molar-refractivity contribution in [3.8, 4) is 0 Å². The molecule has 144 valence electrons. The summed E-state index contributed by atoms with van der Waals surface area (Å²) >= 11 is 0. The Morgan fingerprint density at radius 2 is 1.67 bits per heavy atom. The first-order chi connectivity index (χ1) is 13.2. The van der Waals surface area contributed by atoms with E-state index in [1.807, 2.05) is 40.1 Å². The van der Waals surface area contributed by atoms with Crippen LogP contribution in [0.25, 0.3) is 10.9 Å². The SMILES string of the molecule is O=C(CCN1CCN(C(=O)c2cc3ccccc3[nH]2)CC1)N1CCNCC1. The molecular weight excluding hydrogens is 342 g/mol. The number of nitrogens with zero attached hydrogens (tertiary/aromatic N) is 3. The van der Waals surface area contributed by atoms with Crippen LogP contribution in [-0.4, -0.2) is 90.4 Å². The molecule has 0 saturated carbocycles. The second-order valence-corrected chi connectivity index (χ2v) is 7.28. The topological polar surface area (TPSA) is 71.7 Å². The monoisotopic (exact) mass is 369 g/mol. The Balaban J connectivity index is 1.26. The Hall–Kier alpha value is -2.38. The molecule has 2 N–H and O–H groups in total. The van der Waals surface area contributed by atoms with Gasteiger partial charge < -0.3 is 20.1 Å². The number of aromatic nitrogens is 1. The molecule has 0 bridgehead atoms. The van der Waals surface area contributed by atoms with E-state index in [-0.39, 0.29) is 11.8 Å². The molecule has 1 aromatic heterocycles. The minimum absolute atomic E-state index is 0.0581. The summed E-state index contributed by atoms with van der Waals surface area (Å²) in [7, 11) is 0. The van der Waals surface area contributed by atoms with Crippen molar-refractivity contribution in [2.45, 2.75) is 6.42 Å². The van der Waals surface area contributed by atoms with E-state index in [1.165, 1.54) is 0 Å². The normalized spacial score (nSPS) is 18.8. The first-order valence-corrected chi connectivity index (χ1v) is 9.78. The van der Waals surface area contributed by atoms with Crippen LogP contribution in [0.1, 0.15) is 16.9 Å². The molecule has 2 aliphatic rings. The second-order valence-electron chi connectivity index (χ2n) is 7.28. The van der Waals surface area contributed by atoms with Crippen LogP contribution in [0, 0.1) is 0 Å². The van der Waals surface area contributed by atoms with E-state index in [0.717, 1.165) is 56.7 Å². The van der Waals surface area contributed by atoms with Crippen LogP contribution < -0.4 is 5.32 Å². The average molecular weight is 369 g/mol. The summed E-state index contributed by atoms with van der Waals surface area (Å²) in [5.41, 5.74) is 1.64. The zero-order valence-corrected chi connectivity index (χ0v) is 15.6. The number of hydrogen-bond donors (Lipinski definition) is 2. The third kappa shape index (κ3) is 4.14. The largest absolute Gasteiger partial charge is 0.351 e. The lowest BCUT2D eigenvalue weighted by Crippen LogP contribution is -2.50. The lowest BCUT2D eigenvalue weighted by atomic mass is 10.2. The number of nitrogens with one attached hydrogen (secondary N) is 2. The van der Waals surface area contributed by atoms with Crippen LogP contribution in [0.4, 0.5) is 0 Å². The van der Waals surface area contributed by atoms with Gasteiger partial charge in [-0.25, -0.2) is 0 Å². The van der Waals surface area contributed by atoms with Crippen molar-refractivity contribution in [2.75, 3.05) is 58.9 Å². The highest BCUT2D eigenvalue weighted by Gasteiger charge is 2.24. The Morgan fingerprint density at radius 3 is 2.41 bits per heavy atom. The molecule has 0 radical (unpaired) electrons. The van der Waals surface area contributed by atoms with Crippen LogP contribution in [0.3, 0.4) is 0 Å². The third-order valence-corrected chi connectivity index (χ3v) is 5.53. The standard InChI is InChI=1S/C20H27N5O2/c26-19(24-9-6-21-7-10-24)5-8-23-11-13-25(14-12-23)20(27)18-15-16-3-1-2-4-17(16)22-18/h1-4,15,21-22H,5-14H2. The molecule has 1 aromatic carbocycles. The quantitative estimate of drug-likeness (QED) is 0.834. The zero-order valence-electron chi connectivity index (χ0n) is 15.6. The van der Waals surface area contributed by atoms with Crippen LogP contribution >= 0.6 is 0 Å². The Morgan fingerprint density at radius 1 is 0.926 bits per heavy atom. The highest BCUT2D eigenvalue weighted by Crippen LogP contribution is 2.17. The van der Waals surface area contributed by atoms with Crippen molar-refractivity contribution in [1.29, 1.82) is 0 Å². The van der Waals surface area contributed by atoms with Gasteiger partial charge in [-0.1, -0.05) is 18.2 Å². The first-order valence-electron chi connectivity index (χ1n) is 9.78. The van der Waals surface area contributed by atoms with Crippen molar-refractivity contribution in [1.82, 2.24) is 25.0 Å². The maximum atomic E-state index is 12.8. The maximum absolute atomic E-state index is 12.8. The molecule has 2 fully saturated rings. The number of rotatable bonds is 4. The van der Waals surface area contributed by atoms with Gasteiger partial charge in [0.1, 0.15) is 5.69 Å². The number of amides is 2. The molecule has 2 aliphatic heterocycles. The molecule has 2 aromatic rings. The Labute approximate surface area is 159 Å². The van der Waals surface area contributed by atoms with Gasteiger partial charge in [0.25, 0.3) is 5.91 Å². The van der Waals surface area contributed by atoms with Crippen LogP contribution in [0.2, 0.25) is 0 Å². The Kier molecular flexibility index (Phi) is 5.40. The van der Waals surface area contributed by atoms with Crippen molar-refractivity contribution in [3.05, 3.63) is 36.0 Å². The molecule has 2 saturated heterocycles. The van der Waals surface area contributed by atoms with E-state index in [2.05, 4.69) is 15.2 Å². The molecule has 0 atom stereocenters. The fourth-order valence-corrected chi connectivity index (χ4v) is 3.86. The van der Waals surface area contributed by atoms with Gasteiger partial charge in [0.2, 0.25) is 5.91 Å². The molecule has 4 rings (SSSR count). The summed E-state index contributed by atoms with van der Waals surface area (Å²) in [5.74, 6) is 0.302. The van der Waals surface area contributed by atoms with Gasteiger partial charge in [0, 0.05) is 76.2 Å². The number of para-hydroxylation sites is 1. The second kappa shape index (κ2) is 8.10. The van der Waals surface area contributed by atoms with Gasteiger partial charge >= 0.3 is 0 Å². The number of piperazine rings is 2. The van der Waals surface area contributed by atoms with Gasteiger partial charge in [-0.05, 0) is 12.1 Å². The lowest BCUT2D eigenvalue weighted by molar-refractivity contribution is -0.132. The van der Waals surface area contributed by atoms with Crippen LogP contribution in [0.15, 0.2) is 30.3 Å². The van der Waals surface area contributed by atoms with Crippen molar-refractivity contribution in [3.63, 3.8) is 0 Å². The molecule has 7 nitrogen and oxygen atoms in total. The minimum atomic E-state index is 0.0581. The predicted molar refractivity (Wildman–Crippen MR) is 105 cm³/mol. The van der Waals surface area contributed by atoms with Gasteiger partial charge in [-0.3, -0.25) is 14.5 Å². The molecule has 2 amide bonds. The van der Waals surface area contributed by atoms with Gasteiger partial charge in [0.15, 0.2) is 0 Å². The smallest absolute Gasteiger partial charge is 0.270 e. The highest BCUT2D eigenvalue weighted by molar-refractivity contribution is 5.98. The summed E-state index contributed by atoms with van der Waals surface area (Å²) in [6.07, 6.45) is 0.565. The summed E-state index contributed by atoms with van der Waals surface area (Å²) in [5, 5.41) is 4.33. The number of hydrogen-bond acceptors (Lipinski definition) is 4. The van der Waals surface area contributed by atoms with E-state index in [0.29, 0.717) is 25.2 Å². The highest BCUT2D eigenvalue weighted by atomic mass is 16.2. The summed E-state index contributed by atoms with van der Waals surface area (Å²) < 4.78 is 0. The molecular formula is C20H27N5O2. The number of benzene rings is 1. The fourth-order valence-electron chi connectivity index (χ4n) is 3.86. The van der Waals surface area contributed by atoms with Gasteiger partial charge in [0.05, 0.1) is 0 Å². The van der Waals surface area contributed by atoms with Crippen molar-refractivity contribution >= 4 is 22.7 Å². The van der Waals surface area contributed by atoms with E-state index >= 15 is 0 Å². The third-order valence-electron chi connectivity index (χ3n) is 5.53. The first kappa shape index (κ1) is 18.0. The molecule has 3 heterocycles. The summed E-state index contributed by atoms with van der Waals surface area (Å²) in [6, 6.07) is 9.87. The predicted octanol–water partition coefficient (Wildman–Crippen LogP) is 0.748. The molecule has 27 heavy (non-hydrogen) atoms. The van der Waals surface area contributed by atoms with Crippen molar-refractivity contribution < 1.29 is 9.59 Å². The van der Waals surface area contributed by atoms with E-state index < -0.39 is 0 Å². The van der Waals surface area contributed by atoms with E-state index in [9.17, 15) is 9.59 Å². The number of H-pyrrole nitrogens is 1. The van der Waals surface area contributed by atoms with E-state index in [1.54, 1.807) is 0 Å². The summed E-state index contributed by atoms with van der Waals surface area (Å²) in [6.45, 7) is 7.22. The molecule has 0 spiro atoms. The van der Waals surface area contributed by atoms with Crippen molar-refractivity contribution in [2.24, 2.45) is 0 Å². The zero-order chi connectivity index (χ0) is 18.6. The van der Waals surface area contributed by atoms with Crippen LogP contribution in [-0.2, 0) is 4.79 Å².